The van der Waals surface area contributed by atoms with Crippen molar-refractivity contribution in [2.75, 3.05) is 0 Å². The third kappa shape index (κ3) is 2.80. The average molecular weight is 387 g/mol. The van der Waals surface area contributed by atoms with Crippen molar-refractivity contribution < 1.29 is 0 Å². The minimum Gasteiger partial charge on any atom is -0.131 e. The number of benzene rings is 2. The molecule has 24 heavy (non-hydrogen) atoms. The molecule has 2 aliphatic heterocycles. The number of aryl methyl sites for hydroxylation is 2. The third-order valence-electron chi connectivity index (χ3n) is 4.09. The summed E-state index contributed by atoms with van der Waals surface area (Å²) in [4.78, 5) is 2.85. The number of thioether (sulfide) groups is 3. The molecule has 0 saturated heterocycles. The second kappa shape index (κ2) is 6.75. The molecule has 0 spiro atoms. The van der Waals surface area contributed by atoms with Crippen LogP contribution in [0.2, 0.25) is 0 Å². The molecular formula is C20H18S4. The van der Waals surface area contributed by atoms with Crippen LogP contribution in [-0.2, 0) is 0 Å². The van der Waals surface area contributed by atoms with E-state index >= 15 is 0 Å². The molecule has 0 N–H and O–H groups in total. The maximum Gasteiger partial charge on any atom is 0.0685 e. The second-order valence-corrected chi connectivity index (χ2v) is 12.0. The van der Waals surface area contributed by atoms with Crippen LogP contribution in [0.25, 0.3) is 0 Å². The zero-order valence-electron chi connectivity index (χ0n) is 13.6. The Balaban J connectivity index is 1.95. The van der Waals surface area contributed by atoms with Crippen molar-refractivity contribution in [1.29, 1.82) is 0 Å². The van der Waals surface area contributed by atoms with E-state index in [1.165, 1.54) is 29.4 Å². The molecule has 2 aromatic rings. The molecule has 0 atom stereocenters. The van der Waals surface area contributed by atoms with Gasteiger partial charge in [-0.05, 0) is 59.7 Å². The Hall–Kier alpha value is -0.940. The molecule has 0 unspecified atom stereocenters. The molecule has 0 aromatic heterocycles. The van der Waals surface area contributed by atoms with Crippen molar-refractivity contribution in [1.82, 2.24) is 0 Å². The second-order valence-electron chi connectivity index (χ2n) is 5.76. The van der Waals surface area contributed by atoms with Crippen molar-refractivity contribution in [3.63, 3.8) is 0 Å². The van der Waals surface area contributed by atoms with E-state index in [1.807, 2.05) is 35.3 Å². The summed E-state index contributed by atoms with van der Waals surface area (Å²) in [6.45, 7) is 4.31. The number of hydrogen-bond acceptors (Lipinski definition) is 3. The minimum atomic E-state index is -1.30. The predicted octanol–water partition coefficient (Wildman–Crippen LogP) is 7.82. The van der Waals surface area contributed by atoms with Gasteiger partial charge in [0, 0.05) is 9.79 Å². The Bertz CT molecular complexity index is 787. The lowest BCUT2D eigenvalue weighted by atomic mass is 10.2. The van der Waals surface area contributed by atoms with E-state index in [1.54, 1.807) is 0 Å². The quantitative estimate of drug-likeness (QED) is 0.516. The van der Waals surface area contributed by atoms with Crippen molar-refractivity contribution in [2.45, 2.75) is 23.6 Å². The van der Waals surface area contributed by atoms with Crippen LogP contribution in [0.1, 0.15) is 11.1 Å². The highest BCUT2D eigenvalue weighted by atomic mass is 32.3. The minimum absolute atomic E-state index is 1.30. The van der Waals surface area contributed by atoms with Gasteiger partial charge in [-0.15, -0.1) is 10.0 Å². The maximum atomic E-state index is 2.45. The van der Waals surface area contributed by atoms with Crippen molar-refractivity contribution in [3.8, 4) is 0 Å². The summed E-state index contributed by atoms with van der Waals surface area (Å²) in [5, 5.41) is 9.13. The third-order valence-corrected chi connectivity index (χ3v) is 12.0. The van der Waals surface area contributed by atoms with Gasteiger partial charge in [-0.1, -0.05) is 70.7 Å². The normalized spacial score (nSPS) is 19.9. The van der Waals surface area contributed by atoms with Crippen LogP contribution < -0.4 is 0 Å². The topological polar surface area (TPSA) is 0 Å². The first-order valence-electron chi connectivity index (χ1n) is 7.73. The Morgan fingerprint density at radius 2 is 1.12 bits per heavy atom. The zero-order chi connectivity index (χ0) is 16.6. The molecule has 122 valence electrons. The summed E-state index contributed by atoms with van der Waals surface area (Å²) in [5.41, 5.74) is 2.62. The first-order valence-corrected chi connectivity index (χ1v) is 12.1. The molecule has 0 aliphatic carbocycles. The van der Waals surface area contributed by atoms with E-state index in [9.17, 15) is 0 Å². The molecule has 2 aliphatic rings. The van der Waals surface area contributed by atoms with Gasteiger partial charge in [-0.3, -0.25) is 0 Å². The van der Waals surface area contributed by atoms with Gasteiger partial charge < -0.3 is 0 Å². The van der Waals surface area contributed by atoms with Gasteiger partial charge in [0.1, 0.15) is 0 Å². The monoisotopic (exact) mass is 386 g/mol. The highest BCUT2D eigenvalue weighted by Crippen LogP contribution is 2.77. The highest BCUT2D eigenvalue weighted by molar-refractivity contribution is 8.49. The predicted molar refractivity (Wildman–Crippen MR) is 115 cm³/mol. The number of rotatable bonds is 2. The van der Waals surface area contributed by atoms with E-state index in [2.05, 4.69) is 84.0 Å². The number of hydrogen-bond donors (Lipinski definition) is 0. The van der Waals surface area contributed by atoms with Gasteiger partial charge in [-0.25, -0.2) is 0 Å². The fourth-order valence-corrected chi connectivity index (χ4v) is 11.1. The standard InChI is InChI=1S/C20H18S4/c1-15-3-7-17(8-4-15)24(18-9-5-16(2)6-10-18)14-13-23-20(24)19-21-11-12-22-19/h3-14H,1-2H3. The molecule has 0 amide bonds. The summed E-state index contributed by atoms with van der Waals surface area (Å²) in [6, 6.07) is 18.2. The zero-order valence-corrected chi connectivity index (χ0v) is 16.8. The van der Waals surface area contributed by atoms with Crippen LogP contribution in [0.3, 0.4) is 0 Å². The van der Waals surface area contributed by atoms with Gasteiger partial charge >= 0.3 is 0 Å². The molecule has 2 aromatic carbocycles. The summed E-state index contributed by atoms with van der Waals surface area (Å²) < 4.78 is 2.94. The average Bonchev–Trinajstić information content (AvgIpc) is 3.26. The van der Waals surface area contributed by atoms with Gasteiger partial charge in [0.15, 0.2) is 0 Å². The van der Waals surface area contributed by atoms with Crippen molar-refractivity contribution in [2.24, 2.45) is 0 Å². The van der Waals surface area contributed by atoms with E-state index in [-0.39, 0.29) is 0 Å². The van der Waals surface area contributed by atoms with E-state index in [0.717, 1.165) is 0 Å². The van der Waals surface area contributed by atoms with Gasteiger partial charge in [0.05, 0.1) is 8.47 Å². The van der Waals surface area contributed by atoms with Crippen LogP contribution in [-0.4, -0.2) is 0 Å². The van der Waals surface area contributed by atoms with Gasteiger partial charge in [0.2, 0.25) is 0 Å². The Labute approximate surface area is 158 Å². The molecule has 0 saturated carbocycles. The summed E-state index contributed by atoms with van der Waals surface area (Å²) in [6.07, 6.45) is 0. The lowest BCUT2D eigenvalue weighted by Gasteiger charge is -2.37. The summed E-state index contributed by atoms with van der Waals surface area (Å²) in [5.74, 6) is 0. The van der Waals surface area contributed by atoms with Gasteiger partial charge in [0.25, 0.3) is 0 Å². The van der Waals surface area contributed by atoms with E-state index in [4.69, 9.17) is 0 Å². The Kier molecular flexibility index (Phi) is 4.65. The molecule has 0 bridgehead atoms. The van der Waals surface area contributed by atoms with Crippen LogP contribution in [0.15, 0.2) is 88.4 Å². The fourth-order valence-electron chi connectivity index (χ4n) is 2.81. The molecule has 4 rings (SSSR count). The van der Waals surface area contributed by atoms with E-state index in [0.29, 0.717) is 0 Å². The summed E-state index contributed by atoms with van der Waals surface area (Å²) in [7, 11) is -1.30. The van der Waals surface area contributed by atoms with Crippen LogP contribution >= 0.6 is 45.3 Å². The molecule has 4 heteroatoms. The molecule has 0 nitrogen and oxygen atoms in total. The first kappa shape index (κ1) is 16.5. The van der Waals surface area contributed by atoms with Crippen LogP contribution in [0, 0.1) is 13.8 Å². The Morgan fingerprint density at radius 3 is 1.62 bits per heavy atom. The smallest absolute Gasteiger partial charge is 0.0685 e. The molecule has 2 heterocycles. The summed E-state index contributed by atoms with van der Waals surface area (Å²) >= 11 is 5.62. The Morgan fingerprint density at radius 1 is 0.625 bits per heavy atom. The SMILES string of the molecule is Cc1ccc(S2(c3ccc(C)cc3)C=CSC2=C2SC=CS2)cc1. The maximum absolute atomic E-state index is 2.45. The first-order chi connectivity index (χ1) is 11.7. The molecular weight excluding hydrogens is 368 g/mol. The lowest BCUT2D eigenvalue weighted by molar-refractivity contribution is 1.32. The fraction of sp³-hybridized carbons (Fsp3) is 0.100. The molecule has 0 radical (unpaired) electrons. The van der Waals surface area contributed by atoms with Crippen molar-refractivity contribution in [3.05, 3.63) is 89.8 Å². The largest absolute Gasteiger partial charge is 0.131 e. The van der Waals surface area contributed by atoms with Gasteiger partial charge in [-0.2, -0.15) is 0 Å². The lowest BCUT2D eigenvalue weighted by Crippen LogP contribution is -1.99. The van der Waals surface area contributed by atoms with Crippen LogP contribution in [0.4, 0.5) is 0 Å². The van der Waals surface area contributed by atoms with Crippen molar-refractivity contribution >= 4 is 45.3 Å². The molecule has 0 fully saturated rings. The highest BCUT2D eigenvalue weighted by Gasteiger charge is 2.37. The van der Waals surface area contributed by atoms with E-state index < -0.39 is 10.0 Å². The van der Waals surface area contributed by atoms with Crippen LogP contribution in [0.5, 0.6) is 0 Å².